The summed E-state index contributed by atoms with van der Waals surface area (Å²) in [6, 6.07) is 8.96. The van der Waals surface area contributed by atoms with E-state index in [2.05, 4.69) is 36.9 Å². The molecule has 0 spiro atoms. The number of para-hydroxylation sites is 1. The lowest BCUT2D eigenvalue weighted by Gasteiger charge is -2.40. The van der Waals surface area contributed by atoms with E-state index in [-0.39, 0.29) is 41.1 Å². The SMILES string of the molecule is COc1cc(C(=O)N2CCCC(C(=O)N3CCN(c4c(C)cccc4C)CC3)C2)c(OC)c([N+](=O)[O-])c1. The van der Waals surface area contributed by atoms with Crippen molar-refractivity contribution in [3.63, 3.8) is 0 Å². The van der Waals surface area contributed by atoms with Crippen molar-refractivity contribution in [1.29, 1.82) is 0 Å². The molecule has 10 nitrogen and oxygen atoms in total. The zero-order valence-corrected chi connectivity index (χ0v) is 21.9. The molecule has 2 aliphatic heterocycles. The number of benzene rings is 2. The van der Waals surface area contributed by atoms with Crippen LogP contribution in [0.3, 0.4) is 0 Å². The Hall–Kier alpha value is -3.82. The highest BCUT2D eigenvalue weighted by atomic mass is 16.6. The monoisotopic (exact) mass is 510 g/mol. The highest BCUT2D eigenvalue weighted by Crippen LogP contribution is 2.37. The number of carbonyl (C=O) groups is 2. The average molecular weight is 511 g/mol. The topological polar surface area (TPSA) is 105 Å². The molecular formula is C27H34N4O6. The molecule has 2 aliphatic rings. The lowest BCUT2D eigenvalue weighted by atomic mass is 9.95. The van der Waals surface area contributed by atoms with E-state index in [9.17, 15) is 19.7 Å². The number of methoxy groups -OCH3 is 2. The van der Waals surface area contributed by atoms with Crippen LogP contribution in [0.25, 0.3) is 0 Å². The first kappa shape index (κ1) is 26.2. The van der Waals surface area contributed by atoms with Gasteiger partial charge in [-0.1, -0.05) is 18.2 Å². The molecule has 1 atom stereocenters. The number of hydrogen-bond donors (Lipinski definition) is 0. The van der Waals surface area contributed by atoms with Crippen molar-refractivity contribution in [1.82, 2.24) is 9.80 Å². The predicted molar refractivity (Wildman–Crippen MR) is 140 cm³/mol. The smallest absolute Gasteiger partial charge is 0.315 e. The number of nitrogens with zero attached hydrogens (tertiary/aromatic N) is 4. The molecule has 2 heterocycles. The summed E-state index contributed by atoms with van der Waals surface area (Å²) < 4.78 is 10.4. The molecule has 37 heavy (non-hydrogen) atoms. The lowest BCUT2D eigenvalue weighted by molar-refractivity contribution is -0.385. The number of anilines is 1. The summed E-state index contributed by atoms with van der Waals surface area (Å²) in [4.78, 5) is 43.7. The first-order valence-electron chi connectivity index (χ1n) is 12.5. The summed E-state index contributed by atoms with van der Waals surface area (Å²) in [5.41, 5.74) is 3.43. The second kappa shape index (κ2) is 11.1. The summed E-state index contributed by atoms with van der Waals surface area (Å²) in [5, 5.41) is 11.6. The van der Waals surface area contributed by atoms with Crippen molar-refractivity contribution in [3.05, 3.63) is 57.1 Å². The van der Waals surface area contributed by atoms with Gasteiger partial charge in [0.25, 0.3) is 5.91 Å². The van der Waals surface area contributed by atoms with E-state index < -0.39 is 10.8 Å². The minimum absolute atomic E-state index is 0.0576. The molecule has 0 bridgehead atoms. The van der Waals surface area contributed by atoms with Crippen molar-refractivity contribution < 1.29 is 24.0 Å². The van der Waals surface area contributed by atoms with Crippen LogP contribution in [0.1, 0.15) is 34.3 Å². The fourth-order valence-corrected chi connectivity index (χ4v) is 5.46. The van der Waals surface area contributed by atoms with Crippen molar-refractivity contribution in [2.45, 2.75) is 26.7 Å². The average Bonchev–Trinajstić information content (AvgIpc) is 2.91. The number of nitro groups is 1. The molecule has 1 unspecified atom stereocenters. The Labute approximate surface area is 216 Å². The Bertz CT molecular complexity index is 1170. The molecular weight excluding hydrogens is 476 g/mol. The number of hydrogen-bond acceptors (Lipinski definition) is 7. The molecule has 10 heteroatoms. The molecule has 198 valence electrons. The van der Waals surface area contributed by atoms with Gasteiger partial charge in [-0.25, -0.2) is 0 Å². The third-order valence-corrected chi connectivity index (χ3v) is 7.31. The number of piperazine rings is 1. The van der Waals surface area contributed by atoms with Gasteiger partial charge in [-0.15, -0.1) is 0 Å². The minimum Gasteiger partial charge on any atom is -0.496 e. The molecule has 0 saturated carbocycles. The number of nitro benzene ring substituents is 1. The lowest BCUT2D eigenvalue weighted by Crippen LogP contribution is -2.53. The van der Waals surface area contributed by atoms with Gasteiger partial charge in [-0.3, -0.25) is 19.7 Å². The highest BCUT2D eigenvalue weighted by Gasteiger charge is 2.35. The third kappa shape index (κ3) is 5.33. The largest absolute Gasteiger partial charge is 0.496 e. The van der Waals surface area contributed by atoms with E-state index in [1.54, 1.807) is 4.90 Å². The van der Waals surface area contributed by atoms with E-state index in [0.29, 0.717) is 32.5 Å². The summed E-state index contributed by atoms with van der Waals surface area (Å²) in [7, 11) is 2.68. The first-order chi connectivity index (χ1) is 17.7. The molecule has 2 saturated heterocycles. The van der Waals surface area contributed by atoms with Gasteiger partial charge >= 0.3 is 5.69 Å². The Morgan fingerprint density at radius 1 is 0.973 bits per heavy atom. The number of likely N-dealkylation sites (tertiary alicyclic amines) is 1. The Morgan fingerprint density at radius 2 is 1.65 bits per heavy atom. The fraction of sp³-hybridized carbons (Fsp3) is 0.481. The standard InChI is InChI=1S/C27H34N4O6/c1-18-7-5-8-19(2)24(18)28-11-13-29(14-12-28)26(32)20-9-6-10-30(17-20)27(33)22-15-21(36-3)16-23(31(34)35)25(22)37-4/h5,7-8,15-16,20H,6,9-14,17H2,1-4H3. The quantitative estimate of drug-likeness (QED) is 0.433. The zero-order valence-electron chi connectivity index (χ0n) is 21.9. The van der Waals surface area contributed by atoms with Crippen molar-refractivity contribution in [3.8, 4) is 11.5 Å². The van der Waals surface area contributed by atoms with Gasteiger partial charge in [0.2, 0.25) is 11.7 Å². The van der Waals surface area contributed by atoms with Crippen LogP contribution in [0.15, 0.2) is 30.3 Å². The zero-order chi connectivity index (χ0) is 26.7. The second-order valence-corrected chi connectivity index (χ2v) is 9.63. The summed E-state index contributed by atoms with van der Waals surface area (Å²) in [5.74, 6) is -0.566. The van der Waals surface area contributed by atoms with Gasteiger partial charge in [0.05, 0.1) is 36.7 Å². The fourth-order valence-electron chi connectivity index (χ4n) is 5.46. The Balaban J connectivity index is 1.45. The number of rotatable bonds is 6. The Morgan fingerprint density at radius 3 is 2.24 bits per heavy atom. The van der Waals surface area contributed by atoms with Crippen LogP contribution in [0, 0.1) is 29.9 Å². The molecule has 2 amide bonds. The third-order valence-electron chi connectivity index (χ3n) is 7.31. The molecule has 0 aliphatic carbocycles. The summed E-state index contributed by atoms with van der Waals surface area (Å²) >= 11 is 0. The maximum atomic E-state index is 13.5. The van der Waals surface area contributed by atoms with Gasteiger partial charge in [0.1, 0.15) is 5.75 Å². The molecule has 2 aromatic rings. The van der Waals surface area contributed by atoms with Crippen molar-refractivity contribution >= 4 is 23.2 Å². The summed E-state index contributed by atoms with van der Waals surface area (Å²) in [6.07, 6.45) is 1.38. The molecule has 0 N–H and O–H groups in total. The second-order valence-electron chi connectivity index (χ2n) is 9.63. The van der Waals surface area contributed by atoms with Crippen LogP contribution in [0.2, 0.25) is 0 Å². The van der Waals surface area contributed by atoms with E-state index in [4.69, 9.17) is 9.47 Å². The molecule has 2 fully saturated rings. The van der Waals surface area contributed by atoms with Crippen LogP contribution in [-0.2, 0) is 4.79 Å². The van der Waals surface area contributed by atoms with Gasteiger partial charge in [0, 0.05) is 45.0 Å². The number of piperidine rings is 1. The maximum Gasteiger partial charge on any atom is 0.315 e. The van der Waals surface area contributed by atoms with Gasteiger partial charge < -0.3 is 24.2 Å². The predicted octanol–water partition coefficient (Wildman–Crippen LogP) is 3.43. The van der Waals surface area contributed by atoms with Crippen LogP contribution in [0.4, 0.5) is 11.4 Å². The Kier molecular flexibility index (Phi) is 7.85. The number of carbonyl (C=O) groups excluding carboxylic acids is 2. The van der Waals surface area contributed by atoms with E-state index in [1.165, 1.54) is 43.2 Å². The van der Waals surface area contributed by atoms with Gasteiger partial charge in [-0.2, -0.15) is 0 Å². The first-order valence-corrected chi connectivity index (χ1v) is 12.5. The summed E-state index contributed by atoms with van der Waals surface area (Å²) in [6.45, 7) is 7.74. The van der Waals surface area contributed by atoms with Crippen molar-refractivity contribution in [2.75, 3.05) is 58.4 Å². The molecule has 4 rings (SSSR count). The van der Waals surface area contributed by atoms with Crippen LogP contribution in [0.5, 0.6) is 11.5 Å². The van der Waals surface area contributed by atoms with Gasteiger partial charge in [0.15, 0.2) is 0 Å². The molecule has 0 aromatic heterocycles. The van der Waals surface area contributed by atoms with Crippen LogP contribution >= 0.6 is 0 Å². The van der Waals surface area contributed by atoms with E-state index >= 15 is 0 Å². The highest BCUT2D eigenvalue weighted by molar-refractivity contribution is 5.99. The number of ether oxygens (including phenoxy) is 2. The van der Waals surface area contributed by atoms with E-state index in [0.717, 1.165) is 13.1 Å². The molecule has 2 aromatic carbocycles. The minimum atomic E-state index is -0.598. The van der Waals surface area contributed by atoms with Crippen LogP contribution in [-0.4, -0.2) is 80.0 Å². The van der Waals surface area contributed by atoms with Gasteiger partial charge in [-0.05, 0) is 43.9 Å². The maximum absolute atomic E-state index is 13.5. The number of aryl methyl sites for hydroxylation is 2. The van der Waals surface area contributed by atoms with E-state index in [1.807, 2.05) is 4.90 Å². The van der Waals surface area contributed by atoms with Crippen molar-refractivity contribution in [2.24, 2.45) is 5.92 Å². The normalized spacial score (nSPS) is 17.9. The number of amides is 2. The molecule has 0 radical (unpaired) electrons. The van der Waals surface area contributed by atoms with Crippen LogP contribution < -0.4 is 14.4 Å².